The van der Waals surface area contributed by atoms with Gasteiger partial charge in [-0.1, -0.05) is 0 Å². The van der Waals surface area contributed by atoms with Crippen molar-refractivity contribution in [3.63, 3.8) is 0 Å². The largest absolute Gasteiger partial charge is 0.467 e. The van der Waals surface area contributed by atoms with Crippen molar-refractivity contribution in [1.29, 1.82) is 0 Å². The number of hydrogen-bond donors (Lipinski definition) is 0. The first-order valence-corrected chi connectivity index (χ1v) is 7.93. The number of furan rings is 1. The Morgan fingerprint density at radius 1 is 1.29 bits per heavy atom. The predicted octanol–water partition coefficient (Wildman–Crippen LogP) is 2.62. The molecule has 1 atom stereocenters. The molecule has 7 nitrogen and oxygen atoms in total. The number of nitrogens with zero attached hydrogens (tertiary/aromatic N) is 5. The second-order valence-electron chi connectivity index (χ2n) is 5.94. The first-order valence-electron chi connectivity index (χ1n) is 7.93. The summed E-state index contributed by atoms with van der Waals surface area (Å²) in [4.78, 5) is 14.9. The third-order valence-electron chi connectivity index (χ3n) is 4.27. The van der Waals surface area contributed by atoms with E-state index in [1.807, 2.05) is 48.2 Å². The van der Waals surface area contributed by atoms with Crippen molar-refractivity contribution in [1.82, 2.24) is 25.1 Å². The molecule has 1 saturated carbocycles. The molecule has 3 aromatic rings. The highest BCUT2D eigenvalue weighted by Gasteiger charge is 2.37. The van der Waals surface area contributed by atoms with Gasteiger partial charge in [0.15, 0.2) is 0 Å². The molecule has 7 heteroatoms. The van der Waals surface area contributed by atoms with Crippen molar-refractivity contribution < 1.29 is 9.21 Å². The maximum Gasteiger partial charge on any atom is 0.254 e. The summed E-state index contributed by atoms with van der Waals surface area (Å²) in [6.45, 7) is 2.00. The molecule has 1 aliphatic rings. The van der Waals surface area contributed by atoms with Crippen LogP contribution in [0, 0.1) is 0 Å². The second-order valence-corrected chi connectivity index (χ2v) is 5.94. The van der Waals surface area contributed by atoms with Crippen LogP contribution in [0.4, 0.5) is 0 Å². The average Bonchev–Trinajstić information content (AvgIpc) is 3.10. The van der Waals surface area contributed by atoms with Gasteiger partial charge in [-0.25, -0.2) is 4.68 Å². The zero-order chi connectivity index (χ0) is 16.5. The molecule has 0 radical (unpaired) electrons. The summed E-state index contributed by atoms with van der Waals surface area (Å²) in [5, 5.41) is 11.1. The lowest BCUT2D eigenvalue weighted by Crippen LogP contribution is -2.35. The van der Waals surface area contributed by atoms with Gasteiger partial charge in [0.1, 0.15) is 12.1 Å². The van der Waals surface area contributed by atoms with Gasteiger partial charge in [-0.3, -0.25) is 4.79 Å². The Morgan fingerprint density at radius 3 is 2.67 bits per heavy atom. The number of amides is 1. The van der Waals surface area contributed by atoms with Gasteiger partial charge in [0.05, 0.1) is 18.0 Å². The highest BCUT2D eigenvalue weighted by atomic mass is 16.3. The standard InChI is InChI=1S/C17H17N5O2/c1-12(16-3-2-10-24-16)22(15-8-9-15)17(23)13-4-6-14(7-5-13)21-11-18-19-20-21/h2-7,10-12,15H,8-9H2,1H3. The Hall–Kier alpha value is -2.96. The van der Waals surface area contributed by atoms with Gasteiger partial charge in [0, 0.05) is 11.6 Å². The van der Waals surface area contributed by atoms with Crippen molar-refractivity contribution in [2.75, 3.05) is 0 Å². The summed E-state index contributed by atoms with van der Waals surface area (Å²) in [6.07, 6.45) is 5.24. The lowest BCUT2D eigenvalue weighted by molar-refractivity contribution is 0.0652. The smallest absolute Gasteiger partial charge is 0.254 e. The minimum absolute atomic E-state index is 0.0182. The molecule has 1 fully saturated rings. The van der Waals surface area contributed by atoms with E-state index >= 15 is 0 Å². The van der Waals surface area contributed by atoms with E-state index in [1.165, 1.54) is 6.33 Å². The van der Waals surface area contributed by atoms with E-state index < -0.39 is 0 Å². The molecule has 1 aromatic carbocycles. The lowest BCUT2D eigenvalue weighted by Gasteiger charge is -2.28. The molecule has 24 heavy (non-hydrogen) atoms. The zero-order valence-corrected chi connectivity index (χ0v) is 13.2. The quantitative estimate of drug-likeness (QED) is 0.721. The number of carbonyl (C=O) groups excluding carboxylic acids is 1. The van der Waals surface area contributed by atoms with Crippen LogP contribution in [0.2, 0.25) is 0 Å². The van der Waals surface area contributed by atoms with Gasteiger partial charge < -0.3 is 9.32 Å². The van der Waals surface area contributed by atoms with Crippen molar-refractivity contribution in [2.24, 2.45) is 0 Å². The SMILES string of the molecule is CC(c1ccco1)N(C(=O)c1ccc(-n2cnnn2)cc1)C1CC1. The van der Waals surface area contributed by atoms with Crippen LogP contribution in [0.5, 0.6) is 0 Å². The second kappa shape index (κ2) is 5.92. The molecule has 2 aromatic heterocycles. The average molecular weight is 323 g/mol. The fraction of sp³-hybridized carbons (Fsp3) is 0.294. The Bertz CT molecular complexity index is 807. The first kappa shape index (κ1) is 14.6. The third kappa shape index (κ3) is 2.68. The van der Waals surface area contributed by atoms with Crippen LogP contribution in [0.15, 0.2) is 53.4 Å². The molecular weight excluding hydrogens is 306 g/mol. The topological polar surface area (TPSA) is 77.0 Å². The van der Waals surface area contributed by atoms with Crippen LogP contribution < -0.4 is 0 Å². The number of rotatable bonds is 5. The summed E-state index contributed by atoms with van der Waals surface area (Å²) >= 11 is 0. The minimum Gasteiger partial charge on any atom is -0.467 e. The van der Waals surface area contributed by atoms with Crippen LogP contribution >= 0.6 is 0 Å². The molecule has 0 aliphatic heterocycles. The van der Waals surface area contributed by atoms with Crippen LogP contribution in [-0.2, 0) is 0 Å². The number of tetrazole rings is 1. The lowest BCUT2D eigenvalue weighted by atomic mass is 10.1. The minimum atomic E-state index is -0.0841. The molecular formula is C17H17N5O2. The maximum atomic E-state index is 13.0. The van der Waals surface area contributed by atoms with E-state index in [-0.39, 0.29) is 18.0 Å². The summed E-state index contributed by atoms with van der Waals surface area (Å²) in [5.41, 5.74) is 1.46. The van der Waals surface area contributed by atoms with E-state index in [2.05, 4.69) is 15.5 Å². The first-order chi connectivity index (χ1) is 11.7. The maximum absolute atomic E-state index is 13.0. The van der Waals surface area contributed by atoms with Crippen LogP contribution in [-0.4, -0.2) is 37.1 Å². The number of aromatic nitrogens is 4. The number of hydrogen-bond acceptors (Lipinski definition) is 5. The van der Waals surface area contributed by atoms with Crippen LogP contribution in [0.25, 0.3) is 5.69 Å². The van der Waals surface area contributed by atoms with Crippen LogP contribution in [0.1, 0.15) is 41.9 Å². The van der Waals surface area contributed by atoms with E-state index in [9.17, 15) is 4.79 Å². The van der Waals surface area contributed by atoms with Gasteiger partial charge in [-0.2, -0.15) is 0 Å². The highest BCUT2D eigenvalue weighted by molar-refractivity contribution is 5.95. The van der Waals surface area contributed by atoms with E-state index in [0.29, 0.717) is 5.56 Å². The normalized spacial score (nSPS) is 15.2. The molecule has 1 amide bonds. The summed E-state index contributed by atoms with van der Waals surface area (Å²) < 4.78 is 7.04. The molecule has 4 rings (SSSR count). The van der Waals surface area contributed by atoms with Gasteiger partial charge in [-0.05, 0) is 66.6 Å². The van der Waals surface area contributed by atoms with Crippen molar-refractivity contribution >= 4 is 5.91 Å². The Labute approximate surface area is 138 Å². The van der Waals surface area contributed by atoms with Gasteiger partial charge >= 0.3 is 0 Å². The number of benzene rings is 1. The third-order valence-corrected chi connectivity index (χ3v) is 4.27. The number of carbonyl (C=O) groups is 1. The monoisotopic (exact) mass is 323 g/mol. The van der Waals surface area contributed by atoms with Crippen molar-refractivity contribution in [3.8, 4) is 5.69 Å². The Balaban J connectivity index is 1.59. The van der Waals surface area contributed by atoms with Crippen molar-refractivity contribution in [2.45, 2.75) is 31.8 Å². The molecule has 2 heterocycles. The molecule has 1 aliphatic carbocycles. The summed E-state index contributed by atoms with van der Waals surface area (Å²) in [7, 11) is 0. The fourth-order valence-corrected chi connectivity index (χ4v) is 2.86. The van der Waals surface area contributed by atoms with E-state index in [0.717, 1.165) is 24.3 Å². The van der Waals surface area contributed by atoms with Gasteiger partial charge in [0.25, 0.3) is 5.91 Å². The Morgan fingerprint density at radius 2 is 2.08 bits per heavy atom. The Kier molecular flexibility index (Phi) is 3.60. The summed E-state index contributed by atoms with van der Waals surface area (Å²) in [5.74, 6) is 0.824. The summed E-state index contributed by atoms with van der Waals surface area (Å²) in [6, 6.07) is 11.3. The fourth-order valence-electron chi connectivity index (χ4n) is 2.86. The predicted molar refractivity (Wildman–Crippen MR) is 85.5 cm³/mol. The highest BCUT2D eigenvalue weighted by Crippen LogP contribution is 2.35. The zero-order valence-electron chi connectivity index (χ0n) is 13.2. The van der Waals surface area contributed by atoms with Crippen LogP contribution in [0.3, 0.4) is 0 Å². The molecule has 0 N–H and O–H groups in total. The van der Waals surface area contributed by atoms with Gasteiger partial charge in [0.2, 0.25) is 0 Å². The molecule has 0 spiro atoms. The van der Waals surface area contributed by atoms with Crippen molar-refractivity contribution in [3.05, 3.63) is 60.3 Å². The van der Waals surface area contributed by atoms with E-state index in [4.69, 9.17) is 4.42 Å². The molecule has 1 unspecified atom stereocenters. The molecule has 0 saturated heterocycles. The molecule has 122 valence electrons. The molecule has 0 bridgehead atoms. The van der Waals surface area contributed by atoms with Gasteiger partial charge in [-0.15, -0.1) is 5.10 Å². The van der Waals surface area contributed by atoms with E-state index in [1.54, 1.807) is 10.9 Å².